The van der Waals surface area contributed by atoms with E-state index < -0.39 is 6.29 Å². The maximum atomic E-state index is 12.7. The molecule has 6 aromatic carbocycles. The van der Waals surface area contributed by atoms with Gasteiger partial charge in [-0.15, -0.1) is 0 Å². The standard InChI is InChI=1S/C48H49N3O4/c1-35-45(33-51(31-37-15-7-3-8-16-37)32-38-17-9-4-10-18-38)54-47(55-46(35)41-23-21-39(34-52)22-24-41)42-27-25-40(26-28-42)44-20-12-11-19-43(44)30-50-48(53)49-29-36-13-5-2-6-14-36/h2-28,35,45-47,52H,29-34H2,1H3,(H2,49,50,53)/t35-,45+,46+,47+/m0/s1. The summed E-state index contributed by atoms with van der Waals surface area (Å²) in [5.41, 5.74) is 9.53. The molecule has 1 aliphatic heterocycles. The summed E-state index contributed by atoms with van der Waals surface area (Å²) in [6, 6.07) is 55.4. The van der Waals surface area contributed by atoms with Gasteiger partial charge in [0, 0.05) is 44.2 Å². The van der Waals surface area contributed by atoms with Crippen molar-refractivity contribution in [1.82, 2.24) is 15.5 Å². The van der Waals surface area contributed by atoms with Crippen LogP contribution in [0.2, 0.25) is 0 Å². The second-order valence-corrected chi connectivity index (χ2v) is 14.3. The molecule has 4 atom stereocenters. The number of benzene rings is 6. The third-order valence-electron chi connectivity index (χ3n) is 10.3. The Bertz CT molecular complexity index is 2030. The molecule has 0 unspecified atom stereocenters. The quantitative estimate of drug-likeness (QED) is 0.104. The van der Waals surface area contributed by atoms with Crippen LogP contribution >= 0.6 is 0 Å². The fourth-order valence-corrected chi connectivity index (χ4v) is 7.24. The number of ether oxygens (including phenoxy) is 2. The third-order valence-corrected chi connectivity index (χ3v) is 10.3. The van der Waals surface area contributed by atoms with Crippen LogP contribution in [0.15, 0.2) is 164 Å². The van der Waals surface area contributed by atoms with Gasteiger partial charge in [-0.25, -0.2) is 4.79 Å². The van der Waals surface area contributed by atoms with E-state index in [1.807, 2.05) is 60.7 Å². The lowest BCUT2D eigenvalue weighted by atomic mass is 9.89. The molecule has 1 heterocycles. The molecule has 7 nitrogen and oxygen atoms in total. The van der Waals surface area contributed by atoms with Crippen molar-refractivity contribution in [3.63, 3.8) is 0 Å². The van der Waals surface area contributed by atoms with E-state index in [0.717, 1.165) is 52.0 Å². The summed E-state index contributed by atoms with van der Waals surface area (Å²) in [6.45, 7) is 5.37. The second kappa shape index (κ2) is 18.7. The minimum Gasteiger partial charge on any atom is -0.392 e. The van der Waals surface area contributed by atoms with E-state index in [9.17, 15) is 9.90 Å². The van der Waals surface area contributed by atoms with Crippen molar-refractivity contribution in [3.8, 4) is 11.1 Å². The molecule has 0 saturated carbocycles. The summed E-state index contributed by atoms with van der Waals surface area (Å²) in [4.78, 5) is 15.1. The average Bonchev–Trinajstić information content (AvgIpc) is 3.24. The summed E-state index contributed by atoms with van der Waals surface area (Å²) in [5.74, 6) is 0.0498. The van der Waals surface area contributed by atoms with E-state index in [2.05, 4.69) is 126 Å². The third kappa shape index (κ3) is 10.1. The van der Waals surface area contributed by atoms with Gasteiger partial charge in [0.05, 0.1) is 18.8 Å². The zero-order chi connectivity index (χ0) is 37.8. The molecule has 0 aliphatic carbocycles. The van der Waals surface area contributed by atoms with Gasteiger partial charge in [0.15, 0.2) is 6.29 Å². The van der Waals surface area contributed by atoms with Crippen LogP contribution in [-0.2, 0) is 42.3 Å². The molecule has 0 aromatic heterocycles. The van der Waals surface area contributed by atoms with Crippen molar-refractivity contribution in [2.45, 2.75) is 58.2 Å². The molecule has 280 valence electrons. The number of rotatable bonds is 14. The molecule has 7 heteroatoms. The van der Waals surface area contributed by atoms with E-state index in [-0.39, 0.29) is 30.8 Å². The number of nitrogens with zero attached hydrogens (tertiary/aromatic N) is 1. The van der Waals surface area contributed by atoms with Gasteiger partial charge >= 0.3 is 6.03 Å². The topological polar surface area (TPSA) is 83.1 Å². The zero-order valence-electron chi connectivity index (χ0n) is 31.3. The van der Waals surface area contributed by atoms with Crippen LogP contribution in [0.1, 0.15) is 58.3 Å². The summed E-state index contributed by atoms with van der Waals surface area (Å²) < 4.78 is 13.7. The molecular weight excluding hydrogens is 683 g/mol. The molecule has 1 fully saturated rings. The van der Waals surface area contributed by atoms with E-state index in [1.54, 1.807) is 0 Å². The van der Waals surface area contributed by atoms with Gasteiger partial charge in [-0.3, -0.25) is 4.90 Å². The highest BCUT2D eigenvalue weighted by Crippen LogP contribution is 2.42. The smallest absolute Gasteiger partial charge is 0.315 e. The Hall–Kier alpha value is -5.57. The van der Waals surface area contributed by atoms with Gasteiger partial charge < -0.3 is 25.2 Å². The van der Waals surface area contributed by atoms with E-state index in [0.29, 0.717) is 19.6 Å². The number of carbonyl (C=O) groups is 1. The summed E-state index contributed by atoms with van der Waals surface area (Å²) in [7, 11) is 0. The molecule has 55 heavy (non-hydrogen) atoms. The fraction of sp³-hybridized carbons (Fsp3) is 0.229. The first-order chi connectivity index (χ1) is 27.0. The van der Waals surface area contributed by atoms with Crippen LogP contribution in [-0.4, -0.2) is 28.7 Å². The first-order valence-corrected chi connectivity index (χ1v) is 19.1. The molecule has 7 rings (SSSR count). The van der Waals surface area contributed by atoms with Crippen molar-refractivity contribution < 1.29 is 19.4 Å². The van der Waals surface area contributed by atoms with Crippen LogP contribution < -0.4 is 10.6 Å². The first-order valence-electron chi connectivity index (χ1n) is 19.1. The lowest BCUT2D eigenvalue weighted by molar-refractivity contribution is -0.276. The largest absolute Gasteiger partial charge is 0.392 e. The Morgan fingerprint density at radius 2 is 1.15 bits per heavy atom. The highest BCUT2D eigenvalue weighted by molar-refractivity contribution is 5.75. The summed E-state index contributed by atoms with van der Waals surface area (Å²) >= 11 is 0. The predicted octanol–water partition coefficient (Wildman–Crippen LogP) is 9.34. The van der Waals surface area contributed by atoms with Crippen LogP contribution in [0.4, 0.5) is 4.79 Å². The monoisotopic (exact) mass is 731 g/mol. The van der Waals surface area contributed by atoms with Gasteiger partial charge in [-0.05, 0) is 44.5 Å². The second-order valence-electron chi connectivity index (χ2n) is 14.3. The number of carbonyl (C=O) groups excluding carboxylic acids is 1. The van der Waals surface area contributed by atoms with Crippen molar-refractivity contribution in [2.75, 3.05) is 6.54 Å². The normalized spacial score (nSPS) is 18.2. The minimum absolute atomic E-state index is 0.00333. The van der Waals surface area contributed by atoms with Crippen LogP contribution in [0, 0.1) is 5.92 Å². The predicted molar refractivity (Wildman–Crippen MR) is 217 cm³/mol. The lowest BCUT2D eigenvalue weighted by Crippen LogP contribution is -2.44. The molecule has 3 N–H and O–H groups in total. The summed E-state index contributed by atoms with van der Waals surface area (Å²) in [5, 5.41) is 15.7. The van der Waals surface area contributed by atoms with Crippen LogP contribution in [0.3, 0.4) is 0 Å². The molecule has 0 bridgehead atoms. The molecular formula is C48H49N3O4. The maximum absolute atomic E-state index is 12.7. The molecule has 0 radical (unpaired) electrons. The fourth-order valence-electron chi connectivity index (χ4n) is 7.24. The van der Waals surface area contributed by atoms with Gasteiger partial charge in [-0.2, -0.15) is 0 Å². The Labute approximate surface area is 324 Å². The molecule has 1 saturated heterocycles. The van der Waals surface area contributed by atoms with E-state index in [1.165, 1.54) is 11.1 Å². The van der Waals surface area contributed by atoms with Crippen LogP contribution in [0.25, 0.3) is 11.1 Å². The molecule has 0 spiro atoms. The van der Waals surface area contributed by atoms with Crippen molar-refractivity contribution in [2.24, 2.45) is 5.92 Å². The number of hydrogen-bond acceptors (Lipinski definition) is 5. The number of hydrogen-bond donors (Lipinski definition) is 3. The Kier molecular flexibility index (Phi) is 12.8. The molecule has 6 aromatic rings. The number of aliphatic hydroxyl groups is 1. The lowest BCUT2D eigenvalue weighted by Gasteiger charge is -2.43. The number of amides is 2. The molecule has 1 aliphatic rings. The average molecular weight is 732 g/mol. The zero-order valence-corrected chi connectivity index (χ0v) is 31.3. The van der Waals surface area contributed by atoms with Crippen molar-refractivity contribution >= 4 is 6.03 Å². The number of urea groups is 1. The van der Waals surface area contributed by atoms with Crippen LogP contribution in [0.5, 0.6) is 0 Å². The van der Waals surface area contributed by atoms with Gasteiger partial charge in [0.1, 0.15) is 0 Å². The first kappa shape index (κ1) is 37.7. The maximum Gasteiger partial charge on any atom is 0.315 e. The highest BCUT2D eigenvalue weighted by atomic mass is 16.7. The van der Waals surface area contributed by atoms with Gasteiger partial charge in [0.2, 0.25) is 0 Å². The van der Waals surface area contributed by atoms with E-state index >= 15 is 0 Å². The van der Waals surface area contributed by atoms with Crippen molar-refractivity contribution in [1.29, 1.82) is 0 Å². The van der Waals surface area contributed by atoms with Gasteiger partial charge in [-0.1, -0.05) is 171 Å². The number of aliphatic hydroxyl groups excluding tert-OH is 1. The van der Waals surface area contributed by atoms with Gasteiger partial charge in [0.25, 0.3) is 0 Å². The number of nitrogens with one attached hydrogen (secondary N) is 2. The van der Waals surface area contributed by atoms with E-state index in [4.69, 9.17) is 9.47 Å². The Morgan fingerprint density at radius 3 is 1.76 bits per heavy atom. The molecule has 2 amide bonds. The Balaban J connectivity index is 1.10. The SMILES string of the molecule is C[C@H]1[C@@H](CN(Cc2ccccc2)Cc2ccccc2)O[C@@H](c2ccc(-c3ccccc3CNC(=O)NCc3ccccc3)cc2)O[C@H]1c1ccc(CO)cc1. The van der Waals surface area contributed by atoms with Crippen molar-refractivity contribution in [3.05, 3.63) is 203 Å². The Morgan fingerprint density at radius 1 is 0.600 bits per heavy atom. The minimum atomic E-state index is -0.585. The highest BCUT2D eigenvalue weighted by Gasteiger charge is 2.39. The summed E-state index contributed by atoms with van der Waals surface area (Å²) in [6.07, 6.45) is -0.933.